The van der Waals surface area contributed by atoms with Crippen LogP contribution in [0, 0.1) is 13.8 Å². The first kappa shape index (κ1) is 29.0. The summed E-state index contributed by atoms with van der Waals surface area (Å²) in [5, 5.41) is 0. The normalized spacial score (nSPS) is 18.2. The third-order valence-corrected chi connectivity index (χ3v) is 7.10. The number of aryl methyl sites for hydroxylation is 2. The molecule has 0 saturated carbocycles. The molecule has 0 unspecified atom stereocenters. The Morgan fingerprint density at radius 1 is 0.976 bits per heavy atom. The summed E-state index contributed by atoms with van der Waals surface area (Å²) < 4.78 is 25.4. The molecule has 3 atom stereocenters. The molecule has 0 radical (unpaired) electrons. The van der Waals surface area contributed by atoms with E-state index < -0.39 is 30.4 Å². The number of anilines is 1. The van der Waals surface area contributed by atoms with Crippen LogP contribution in [0.3, 0.4) is 0 Å². The van der Waals surface area contributed by atoms with E-state index in [1.54, 1.807) is 35.2 Å². The van der Waals surface area contributed by atoms with Crippen LogP contribution < -0.4 is 10.5 Å². The van der Waals surface area contributed by atoms with Gasteiger partial charge in [0.2, 0.25) is 11.8 Å². The molecule has 1 saturated heterocycles. The third kappa shape index (κ3) is 6.68. The summed E-state index contributed by atoms with van der Waals surface area (Å²) in [6.45, 7) is 6.36. The van der Waals surface area contributed by atoms with E-state index >= 15 is 0 Å². The quantitative estimate of drug-likeness (QED) is 0.193. The van der Waals surface area contributed by atoms with Gasteiger partial charge in [0.1, 0.15) is 25.0 Å². The zero-order valence-electron chi connectivity index (χ0n) is 24.0. The minimum absolute atomic E-state index is 0.0404. The van der Waals surface area contributed by atoms with E-state index in [1.807, 2.05) is 38.1 Å². The monoisotopic (exact) mass is 573 g/mol. The Labute approximate surface area is 244 Å². The van der Waals surface area contributed by atoms with E-state index in [2.05, 4.69) is 21.9 Å². The summed E-state index contributed by atoms with van der Waals surface area (Å²) in [4.78, 5) is 38.9. The van der Waals surface area contributed by atoms with Gasteiger partial charge in [0.15, 0.2) is 11.2 Å². The highest BCUT2D eigenvalue weighted by Crippen LogP contribution is 2.35. The van der Waals surface area contributed by atoms with Gasteiger partial charge in [-0.15, -0.1) is 0 Å². The van der Waals surface area contributed by atoms with Crippen molar-refractivity contribution in [1.29, 1.82) is 0 Å². The summed E-state index contributed by atoms with van der Waals surface area (Å²) >= 11 is 0. The van der Waals surface area contributed by atoms with Crippen LogP contribution in [-0.2, 0) is 14.2 Å². The summed E-state index contributed by atoms with van der Waals surface area (Å²) in [6, 6.07) is 14.2. The fraction of sp³-hybridized carbons (Fsp3) is 0.387. The van der Waals surface area contributed by atoms with Crippen molar-refractivity contribution in [2.75, 3.05) is 18.9 Å². The Balaban J connectivity index is 1.36. The van der Waals surface area contributed by atoms with Gasteiger partial charge in [-0.1, -0.05) is 55.2 Å². The molecule has 1 fully saturated rings. The van der Waals surface area contributed by atoms with Crippen molar-refractivity contribution in [3.63, 3.8) is 0 Å². The molecule has 0 amide bonds. The molecule has 0 spiro atoms. The van der Waals surface area contributed by atoms with Gasteiger partial charge in [-0.05, 0) is 44.5 Å². The second kappa shape index (κ2) is 13.0. The van der Waals surface area contributed by atoms with E-state index in [0.717, 1.165) is 30.4 Å². The van der Waals surface area contributed by atoms with Crippen molar-refractivity contribution >= 4 is 29.1 Å². The topological polar surface area (TPSA) is 141 Å². The van der Waals surface area contributed by atoms with Crippen molar-refractivity contribution in [3.05, 3.63) is 77.1 Å². The van der Waals surface area contributed by atoms with Crippen molar-refractivity contribution in [3.8, 4) is 5.88 Å². The summed E-state index contributed by atoms with van der Waals surface area (Å²) in [5.41, 5.74) is 9.78. The summed E-state index contributed by atoms with van der Waals surface area (Å²) in [7, 11) is 0. The number of hydrogen-bond donors (Lipinski definition) is 1. The smallest absolute Gasteiger partial charge is 0.338 e. The predicted molar refractivity (Wildman–Crippen MR) is 155 cm³/mol. The van der Waals surface area contributed by atoms with Crippen LogP contribution in [0.25, 0.3) is 11.2 Å². The van der Waals surface area contributed by atoms with E-state index in [0.29, 0.717) is 34.8 Å². The molecule has 11 heteroatoms. The number of benzene rings is 2. The molecule has 1 aliphatic rings. The van der Waals surface area contributed by atoms with Crippen LogP contribution >= 0.6 is 0 Å². The Morgan fingerprint density at radius 2 is 1.64 bits per heavy atom. The van der Waals surface area contributed by atoms with Crippen LogP contribution in [0.5, 0.6) is 5.88 Å². The Morgan fingerprint density at radius 3 is 2.31 bits per heavy atom. The number of imidazole rings is 1. The lowest BCUT2D eigenvalue weighted by Gasteiger charge is -2.19. The van der Waals surface area contributed by atoms with E-state index in [9.17, 15) is 9.59 Å². The van der Waals surface area contributed by atoms with Gasteiger partial charge in [0.05, 0.1) is 24.1 Å². The first-order valence-corrected chi connectivity index (χ1v) is 14.1. The van der Waals surface area contributed by atoms with Crippen molar-refractivity contribution in [1.82, 2.24) is 19.5 Å². The highest BCUT2D eigenvalue weighted by atomic mass is 16.6. The maximum Gasteiger partial charge on any atom is 0.338 e. The third-order valence-electron chi connectivity index (χ3n) is 7.10. The number of carbonyl (C=O) groups is 2. The zero-order valence-corrected chi connectivity index (χ0v) is 24.0. The van der Waals surface area contributed by atoms with Crippen LogP contribution in [0.15, 0.2) is 54.9 Å². The molecule has 42 heavy (non-hydrogen) atoms. The predicted octanol–water partition coefficient (Wildman–Crippen LogP) is 4.96. The Kier molecular flexibility index (Phi) is 8.97. The van der Waals surface area contributed by atoms with Crippen LogP contribution in [0.4, 0.5) is 5.95 Å². The van der Waals surface area contributed by atoms with E-state index in [1.165, 1.54) is 0 Å². The zero-order chi connectivity index (χ0) is 29.6. The summed E-state index contributed by atoms with van der Waals surface area (Å²) in [5.74, 6) is -0.650. The number of esters is 2. The van der Waals surface area contributed by atoms with Gasteiger partial charge >= 0.3 is 11.9 Å². The molecule has 4 aromatic rings. The number of nitrogens with zero attached hydrogens (tertiary/aromatic N) is 4. The number of carbonyl (C=O) groups excluding carboxylic acids is 2. The fourth-order valence-electron chi connectivity index (χ4n) is 4.71. The van der Waals surface area contributed by atoms with E-state index in [4.69, 9.17) is 24.7 Å². The van der Waals surface area contributed by atoms with Crippen molar-refractivity contribution in [2.45, 2.75) is 64.9 Å². The first-order chi connectivity index (χ1) is 20.3. The molecule has 2 aromatic heterocycles. The van der Waals surface area contributed by atoms with Gasteiger partial charge in [-0.3, -0.25) is 4.57 Å². The van der Waals surface area contributed by atoms with Gasteiger partial charge in [0.25, 0.3) is 0 Å². The lowest BCUT2D eigenvalue weighted by molar-refractivity contribution is -0.0563. The number of rotatable bonds is 11. The van der Waals surface area contributed by atoms with Crippen LogP contribution in [0.1, 0.15) is 70.7 Å². The largest absolute Gasteiger partial charge is 0.476 e. The second-order valence-electron chi connectivity index (χ2n) is 10.4. The number of fused-ring (bicyclic) bond motifs is 1. The Hall–Kier alpha value is -4.51. The number of ether oxygens (including phenoxy) is 4. The Bertz CT molecular complexity index is 1540. The van der Waals surface area contributed by atoms with Gasteiger partial charge in [0, 0.05) is 6.42 Å². The molecule has 3 heterocycles. The summed E-state index contributed by atoms with van der Waals surface area (Å²) in [6.07, 6.45) is 2.74. The lowest BCUT2D eigenvalue weighted by atomic mass is 10.1. The number of unbranched alkanes of at least 4 members (excludes halogenated alkanes) is 2. The van der Waals surface area contributed by atoms with Gasteiger partial charge < -0.3 is 24.7 Å². The molecule has 5 rings (SSSR count). The molecule has 0 bridgehead atoms. The number of nitrogen functional groups attached to an aromatic ring is 1. The first-order valence-electron chi connectivity index (χ1n) is 14.1. The van der Waals surface area contributed by atoms with Crippen LogP contribution in [0.2, 0.25) is 0 Å². The van der Waals surface area contributed by atoms with Crippen molar-refractivity contribution in [2.24, 2.45) is 0 Å². The second-order valence-corrected chi connectivity index (χ2v) is 10.4. The molecule has 2 aromatic carbocycles. The molecule has 1 aliphatic heterocycles. The van der Waals surface area contributed by atoms with Crippen LogP contribution in [-0.4, -0.2) is 56.9 Å². The average Bonchev–Trinajstić information content (AvgIpc) is 3.58. The van der Waals surface area contributed by atoms with Crippen molar-refractivity contribution < 1.29 is 28.5 Å². The molecule has 2 N–H and O–H groups in total. The standard InChI is InChI=1S/C31H35N5O6/c1-4-5-6-15-39-28-26-27(34-31(32)35-28)36(18-33-26)25-16-23(42-30(38)22-13-9-20(3)10-14-22)24(41-25)17-40-29(37)21-11-7-19(2)8-12-21/h7-14,18,23-25H,4-6,15-17H2,1-3H3,(H2,32,34,35)/t23-,24+,25+/m0/s1. The SMILES string of the molecule is CCCCCOc1nc(N)nc2c1ncn2[C@H]1C[C@H](OC(=O)c2ccc(C)cc2)[C@@H](COC(=O)c2ccc(C)cc2)O1. The highest BCUT2D eigenvalue weighted by molar-refractivity contribution is 5.90. The highest BCUT2D eigenvalue weighted by Gasteiger charge is 2.41. The maximum atomic E-state index is 13.0. The number of nitrogens with two attached hydrogens (primary N) is 1. The number of aromatic nitrogens is 4. The molecular formula is C31H35N5O6. The maximum absolute atomic E-state index is 13.0. The minimum Gasteiger partial charge on any atom is -0.476 e. The molecule has 11 nitrogen and oxygen atoms in total. The van der Waals surface area contributed by atoms with Gasteiger partial charge in [-0.2, -0.15) is 9.97 Å². The van der Waals surface area contributed by atoms with Gasteiger partial charge in [-0.25, -0.2) is 14.6 Å². The lowest BCUT2D eigenvalue weighted by Crippen LogP contribution is -2.32. The number of hydrogen-bond acceptors (Lipinski definition) is 10. The fourth-order valence-corrected chi connectivity index (χ4v) is 4.71. The van der Waals surface area contributed by atoms with E-state index in [-0.39, 0.29) is 19.0 Å². The molecule has 220 valence electrons. The minimum atomic E-state index is -0.736. The molecular weight excluding hydrogens is 538 g/mol. The molecule has 0 aliphatic carbocycles. The average molecular weight is 574 g/mol.